The Labute approximate surface area is 99.3 Å². The van der Waals surface area contributed by atoms with Crippen molar-refractivity contribution in [3.8, 4) is 5.75 Å². The van der Waals surface area contributed by atoms with E-state index in [-0.39, 0.29) is 6.04 Å². The van der Waals surface area contributed by atoms with Crippen LogP contribution in [0, 0.1) is 5.92 Å². The minimum Gasteiger partial charge on any atom is -0.491 e. The van der Waals surface area contributed by atoms with Gasteiger partial charge in [0.15, 0.2) is 0 Å². The highest BCUT2D eigenvalue weighted by Gasteiger charge is 2.26. The van der Waals surface area contributed by atoms with Gasteiger partial charge in [-0.2, -0.15) is 0 Å². The van der Waals surface area contributed by atoms with E-state index < -0.39 is 0 Å². The smallest absolute Gasteiger partial charge is 0.142 e. The van der Waals surface area contributed by atoms with Crippen LogP contribution in [0.2, 0.25) is 10.0 Å². The number of benzene rings is 1. The van der Waals surface area contributed by atoms with E-state index in [1.807, 2.05) is 6.92 Å². The van der Waals surface area contributed by atoms with E-state index in [2.05, 4.69) is 0 Å². The van der Waals surface area contributed by atoms with Crippen molar-refractivity contribution in [3.05, 3.63) is 27.7 Å². The highest BCUT2D eigenvalue weighted by atomic mass is 35.5. The predicted octanol–water partition coefficient (Wildman–Crippen LogP) is 2.89. The van der Waals surface area contributed by atoms with Gasteiger partial charge in [-0.15, -0.1) is 0 Å². The molecule has 2 rings (SSSR count). The standard InChI is InChI=1S/C11H13Cl2NO/c1-6(14)7-4-8-9(12)2-3-10(13)11(8)15-5-7/h2-3,6-7H,4-5,14H2,1H3/t6-,7?/m0/s1. The summed E-state index contributed by atoms with van der Waals surface area (Å²) >= 11 is 12.1. The van der Waals surface area contributed by atoms with Gasteiger partial charge in [-0.05, 0) is 25.5 Å². The summed E-state index contributed by atoms with van der Waals surface area (Å²) in [7, 11) is 0. The summed E-state index contributed by atoms with van der Waals surface area (Å²) < 4.78 is 5.61. The van der Waals surface area contributed by atoms with Gasteiger partial charge >= 0.3 is 0 Å². The number of ether oxygens (including phenoxy) is 1. The zero-order valence-corrected chi connectivity index (χ0v) is 9.98. The maximum Gasteiger partial charge on any atom is 0.142 e. The second kappa shape index (κ2) is 4.20. The van der Waals surface area contributed by atoms with Crippen molar-refractivity contribution in [3.63, 3.8) is 0 Å². The molecule has 2 N–H and O–H groups in total. The molecule has 0 aromatic heterocycles. The number of fused-ring (bicyclic) bond motifs is 1. The molecule has 4 heteroatoms. The van der Waals surface area contributed by atoms with Crippen molar-refractivity contribution >= 4 is 23.2 Å². The van der Waals surface area contributed by atoms with Crippen LogP contribution in [-0.4, -0.2) is 12.6 Å². The van der Waals surface area contributed by atoms with Crippen LogP contribution in [0.1, 0.15) is 12.5 Å². The van der Waals surface area contributed by atoms with Crippen molar-refractivity contribution in [2.24, 2.45) is 11.7 Å². The van der Waals surface area contributed by atoms with Crippen LogP contribution in [-0.2, 0) is 6.42 Å². The van der Waals surface area contributed by atoms with Gasteiger partial charge < -0.3 is 10.5 Å². The lowest BCUT2D eigenvalue weighted by molar-refractivity contribution is 0.204. The Kier molecular flexibility index (Phi) is 3.10. The first-order valence-corrected chi connectivity index (χ1v) is 5.70. The Morgan fingerprint density at radius 1 is 1.40 bits per heavy atom. The zero-order valence-electron chi connectivity index (χ0n) is 8.47. The molecule has 0 spiro atoms. The molecule has 2 atom stereocenters. The first kappa shape index (κ1) is 11.1. The first-order chi connectivity index (χ1) is 7.09. The van der Waals surface area contributed by atoms with Gasteiger partial charge in [0.2, 0.25) is 0 Å². The van der Waals surface area contributed by atoms with Crippen LogP contribution in [0.15, 0.2) is 12.1 Å². The van der Waals surface area contributed by atoms with Crippen LogP contribution in [0.4, 0.5) is 0 Å². The molecule has 1 aliphatic rings. The second-order valence-corrected chi connectivity index (χ2v) is 4.79. The lowest BCUT2D eigenvalue weighted by Gasteiger charge is -2.28. The Morgan fingerprint density at radius 3 is 2.73 bits per heavy atom. The molecule has 0 aliphatic carbocycles. The summed E-state index contributed by atoms with van der Waals surface area (Å²) in [6.07, 6.45) is 0.840. The molecule has 82 valence electrons. The summed E-state index contributed by atoms with van der Waals surface area (Å²) in [5.74, 6) is 1.04. The zero-order chi connectivity index (χ0) is 11.0. The summed E-state index contributed by atoms with van der Waals surface area (Å²) in [5.41, 5.74) is 6.84. The lowest BCUT2D eigenvalue weighted by Crippen LogP contribution is -2.35. The minimum atomic E-state index is 0.105. The van der Waals surface area contributed by atoms with Crippen LogP contribution in [0.5, 0.6) is 5.75 Å². The second-order valence-electron chi connectivity index (χ2n) is 3.97. The quantitative estimate of drug-likeness (QED) is 0.826. The van der Waals surface area contributed by atoms with Gasteiger partial charge in [0.25, 0.3) is 0 Å². The molecule has 15 heavy (non-hydrogen) atoms. The van der Waals surface area contributed by atoms with Crippen LogP contribution < -0.4 is 10.5 Å². The highest BCUT2D eigenvalue weighted by molar-refractivity contribution is 6.34. The molecule has 1 aliphatic heterocycles. The Balaban J connectivity index is 2.36. The third-order valence-electron chi connectivity index (χ3n) is 2.81. The molecule has 0 saturated heterocycles. The van der Waals surface area contributed by atoms with Gasteiger partial charge in [0.05, 0.1) is 11.6 Å². The average molecular weight is 246 g/mol. The molecular formula is C11H13Cl2NO. The monoisotopic (exact) mass is 245 g/mol. The van der Waals surface area contributed by atoms with E-state index in [1.54, 1.807) is 12.1 Å². The Morgan fingerprint density at radius 2 is 2.07 bits per heavy atom. The molecule has 0 fully saturated rings. The van der Waals surface area contributed by atoms with E-state index >= 15 is 0 Å². The maximum atomic E-state index is 6.10. The third kappa shape index (κ3) is 2.07. The fourth-order valence-electron chi connectivity index (χ4n) is 1.77. The molecule has 1 aromatic rings. The molecule has 2 nitrogen and oxygen atoms in total. The highest BCUT2D eigenvalue weighted by Crippen LogP contribution is 2.38. The number of halogens is 2. The number of rotatable bonds is 1. The van der Waals surface area contributed by atoms with Crippen molar-refractivity contribution < 1.29 is 4.74 Å². The normalized spacial score (nSPS) is 21.7. The molecule has 1 unspecified atom stereocenters. The molecule has 0 amide bonds. The molecule has 1 heterocycles. The molecule has 0 bridgehead atoms. The molecule has 1 aromatic carbocycles. The van der Waals surface area contributed by atoms with E-state index in [1.165, 1.54) is 0 Å². The summed E-state index contributed by atoms with van der Waals surface area (Å²) in [6.45, 7) is 2.60. The van der Waals surface area contributed by atoms with E-state index in [4.69, 9.17) is 33.7 Å². The third-order valence-corrected chi connectivity index (χ3v) is 3.46. The van der Waals surface area contributed by atoms with Gasteiger partial charge in [0.1, 0.15) is 5.75 Å². The van der Waals surface area contributed by atoms with Crippen molar-refractivity contribution in [2.75, 3.05) is 6.61 Å². The topological polar surface area (TPSA) is 35.2 Å². The Hall–Kier alpha value is -0.440. The van der Waals surface area contributed by atoms with Crippen LogP contribution >= 0.6 is 23.2 Å². The van der Waals surface area contributed by atoms with E-state index in [0.717, 1.165) is 17.7 Å². The van der Waals surface area contributed by atoms with Gasteiger partial charge in [-0.25, -0.2) is 0 Å². The van der Waals surface area contributed by atoms with Gasteiger partial charge in [-0.3, -0.25) is 0 Å². The van der Waals surface area contributed by atoms with E-state index in [9.17, 15) is 0 Å². The molecule has 0 saturated carbocycles. The molecular weight excluding hydrogens is 233 g/mol. The van der Waals surface area contributed by atoms with Crippen molar-refractivity contribution in [1.82, 2.24) is 0 Å². The van der Waals surface area contributed by atoms with E-state index in [0.29, 0.717) is 22.6 Å². The lowest BCUT2D eigenvalue weighted by atomic mass is 9.92. The van der Waals surface area contributed by atoms with Crippen LogP contribution in [0.25, 0.3) is 0 Å². The minimum absolute atomic E-state index is 0.105. The predicted molar refractivity (Wildman–Crippen MR) is 62.8 cm³/mol. The Bertz CT molecular complexity index is 379. The number of nitrogens with two attached hydrogens (primary N) is 1. The van der Waals surface area contributed by atoms with Crippen LogP contribution in [0.3, 0.4) is 0 Å². The summed E-state index contributed by atoms with van der Waals surface area (Å²) in [6, 6.07) is 3.66. The largest absolute Gasteiger partial charge is 0.491 e. The fraction of sp³-hybridized carbons (Fsp3) is 0.455. The SMILES string of the molecule is C[C@H](N)C1COc2c(Cl)ccc(Cl)c2C1. The first-order valence-electron chi connectivity index (χ1n) is 4.95. The van der Waals surface area contributed by atoms with Gasteiger partial charge in [0, 0.05) is 22.5 Å². The number of hydrogen-bond acceptors (Lipinski definition) is 2. The van der Waals surface area contributed by atoms with Crippen molar-refractivity contribution in [2.45, 2.75) is 19.4 Å². The van der Waals surface area contributed by atoms with Crippen molar-refractivity contribution in [1.29, 1.82) is 0 Å². The summed E-state index contributed by atoms with van der Waals surface area (Å²) in [4.78, 5) is 0. The van der Waals surface area contributed by atoms with Gasteiger partial charge in [-0.1, -0.05) is 23.2 Å². The fourth-order valence-corrected chi connectivity index (χ4v) is 2.23. The average Bonchev–Trinajstić information content (AvgIpc) is 2.23. The summed E-state index contributed by atoms with van der Waals surface area (Å²) in [5, 5.41) is 1.33. The molecule has 0 radical (unpaired) electrons. The maximum absolute atomic E-state index is 6.10. The number of hydrogen-bond donors (Lipinski definition) is 1.